The van der Waals surface area contributed by atoms with Crippen molar-refractivity contribution in [2.75, 3.05) is 5.32 Å². The summed E-state index contributed by atoms with van der Waals surface area (Å²) < 4.78 is 15.2. The summed E-state index contributed by atoms with van der Waals surface area (Å²) in [6.45, 7) is 2.00. The summed E-state index contributed by atoms with van der Waals surface area (Å²) >= 11 is 0. The second-order valence-electron chi connectivity index (χ2n) is 5.23. The third-order valence-corrected chi connectivity index (χ3v) is 3.46. The largest absolute Gasteiger partial charge is 0.320 e. The van der Waals surface area contributed by atoms with Crippen molar-refractivity contribution >= 4 is 11.6 Å². The number of benzene rings is 2. The summed E-state index contributed by atoms with van der Waals surface area (Å²) in [5.41, 5.74) is 2.91. The zero-order valence-electron chi connectivity index (χ0n) is 12.8. The van der Waals surface area contributed by atoms with Gasteiger partial charge in [0.15, 0.2) is 5.49 Å². The highest BCUT2D eigenvalue weighted by Gasteiger charge is 2.10. The number of rotatable bonds is 3. The number of para-hydroxylation sites is 1. The van der Waals surface area contributed by atoms with Gasteiger partial charge in [0.05, 0.1) is 5.69 Å². The lowest BCUT2D eigenvalue weighted by molar-refractivity contribution is 0.630. The number of nitrogens with one attached hydrogen (secondary N) is 2. The molecule has 0 aliphatic rings. The third kappa shape index (κ3) is 3.11. The van der Waals surface area contributed by atoms with E-state index in [1.54, 1.807) is 25.2 Å². The van der Waals surface area contributed by atoms with Crippen molar-refractivity contribution in [2.45, 2.75) is 6.92 Å². The summed E-state index contributed by atoms with van der Waals surface area (Å²) in [4.78, 5) is 4.37. The van der Waals surface area contributed by atoms with Crippen LogP contribution in [0.5, 0.6) is 0 Å². The maximum atomic E-state index is 13.8. The van der Waals surface area contributed by atoms with Crippen LogP contribution in [0.25, 0.3) is 11.3 Å². The van der Waals surface area contributed by atoms with Crippen LogP contribution in [0.4, 0.5) is 16.0 Å². The zero-order chi connectivity index (χ0) is 16.4. The minimum atomic E-state index is -0.384. The van der Waals surface area contributed by atoms with Gasteiger partial charge in [-0.25, -0.2) is 14.1 Å². The molecule has 0 saturated heterocycles. The molecule has 0 aliphatic carbocycles. The predicted octanol–water partition coefficient (Wildman–Crippen LogP) is 3.15. The molecule has 1 heterocycles. The molecule has 1 aromatic heterocycles. The highest BCUT2D eigenvalue weighted by atomic mass is 19.1. The van der Waals surface area contributed by atoms with E-state index >= 15 is 0 Å². The number of nitrogens with zero attached hydrogens (tertiary/aromatic N) is 3. The van der Waals surface area contributed by atoms with E-state index in [2.05, 4.69) is 15.4 Å². The van der Waals surface area contributed by atoms with E-state index in [4.69, 9.17) is 5.41 Å². The number of hydrogen-bond acceptors (Lipinski definition) is 4. The van der Waals surface area contributed by atoms with Gasteiger partial charge in [0.25, 0.3) is 0 Å². The second-order valence-corrected chi connectivity index (χ2v) is 5.23. The molecular weight excluding hydrogens is 293 g/mol. The average molecular weight is 309 g/mol. The van der Waals surface area contributed by atoms with E-state index in [1.165, 1.54) is 10.7 Å². The predicted molar refractivity (Wildman–Crippen MR) is 86.7 cm³/mol. The van der Waals surface area contributed by atoms with Crippen molar-refractivity contribution in [1.29, 1.82) is 5.41 Å². The molecule has 6 heteroatoms. The first-order valence-corrected chi connectivity index (χ1v) is 7.13. The van der Waals surface area contributed by atoms with Gasteiger partial charge in [-0.15, -0.1) is 5.10 Å². The molecule has 2 N–H and O–H groups in total. The standard InChI is InChI=1S/C17H16FN5/c1-11-7-9-12(10-8-11)15-16(19)23(2)22-17(21-15)20-14-6-4-3-5-13(14)18/h3-10,19H,1-2H3,(H,20,22). The molecule has 0 fully saturated rings. The molecular formula is C17H16FN5. The van der Waals surface area contributed by atoms with Gasteiger partial charge in [-0.05, 0) is 19.1 Å². The van der Waals surface area contributed by atoms with Crippen LogP contribution in [0, 0.1) is 18.2 Å². The Hall–Kier alpha value is -3.02. The molecule has 3 aromatic rings. The van der Waals surface area contributed by atoms with E-state index in [-0.39, 0.29) is 17.3 Å². The molecule has 0 saturated carbocycles. The van der Waals surface area contributed by atoms with Crippen LogP contribution in [0.15, 0.2) is 48.5 Å². The smallest absolute Gasteiger partial charge is 0.245 e. The Bertz CT molecular complexity index is 900. The fourth-order valence-corrected chi connectivity index (χ4v) is 2.18. The molecule has 0 bridgehead atoms. The van der Waals surface area contributed by atoms with Crippen LogP contribution >= 0.6 is 0 Å². The summed E-state index contributed by atoms with van der Waals surface area (Å²) in [6.07, 6.45) is 0. The summed E-state index contributed by atoms with van der Waals surface area (Å²) in [6, 6.07) is 14.0. The number of hydrogen-bond donors (Lipinski definition) is 2. The zero-order valence-corrected chi connectivity index (χ0v) is 12.8. The van der Waals surface area contributed by atoms with Gasteiger partial charge in [-0.2, -0.15) is 0 Å². The summed E-state index contributed by atoms with van der Waals surface area (Å²) in [5, 5.41) is 15.2. The molecule has 0 atom stereocenters. The SMILES string of the molecule is Cc1ccc(-c2nc(Nc3ccccc3F)nn(C)c2=N)cc1. The number of aryl methyl sites for hydroxylation is 2. The van der Waals surface area contributed by atoms with Crippen molar-refractivity contribution in [3.63, 3.8) is 0 Å². The molecule has 0 amide bonds. The molecule has 2 aromatic carbocycles. The average Bonchev–Trinajstić information content (AvgIpc) is 2.54. The monoisotopic (exact) mass is 309 g/mol. The van der Waals surface area contributed by atoms with Crippen molar-refractivity contribution in [3.8, 4) is 11.3 Å². The quantitative estimate of drug-likeness (QED) is 0.781. The Morgan fingerprint density at radius 1 is 1.09 bits per heavy atom. The van der Waals surface area contributed by atoms with Crippen molar-refractivity contribution in [3.05, 3.63) is 65.4 Å². The summed E-state index contributed by atoms with van der Waals surface area (Å²) in [5.74, 6) is -0.144. The molecule has 0 spiro atoms. The van der Waals surface area contributed by atoms with E-state index < -0.39 is 0 Å². The van der Waals surface area contributed by atoms with Crippen LogP contribution < -0.4 is 10.8 Å². The molecule has 116 valence electrons. The van der Waals surface area contributed by atoms with Crippen LogP contribution in [-0.4, -0.2) is 14.8 Å². The van der Waals surface area contributed by atoms with Gasteiger partial charge in [-0.1, -0.05) is 42.0 Å². The number of anilines is 2. The lowest BCUT2D eigenvalue weighted by Crippen LogP contribution is -2.24. The van der Waals surface area contributed by atoms with E-state index in [0.717, 1.165) is 11.1 Å². The first-order chi connectivity index (χ1) is 11.0. The molecule has 0 radical (unpaired) electrons. The van der Waals surface area contributed by atoms with Crippen molar-refractivity contribution in [1.82, 2.24) is 14.8 Å². The molecule has 0 aliphatic heterocycles. The van der Waals surface area contributed by atoms with Crippen LogP contribution in [0.1, 0.15) is 5.56 Å². The van der Waals surface area contributed by atoms with Crippen LogP contribution in [0.3, 0.4) is 0 Å². The maximum Gasteiger partial charge on any atom is 0.245 e. The Morgan fingerprint density at radius 2 is 1.78 bits per heavy atom. The van der Waals surface area contributed by atoms with Crippen LogP contribution in [0.2, 0.25) is 0 Å². The highest BCUT2D eigenvalue weighted by Crippen LogP contribution is 2.19. The van der Waals surface area contributed by atoms with Gasteiger partial charge in [0.2, 0.25) is 5.95 Å². The first-order valence-electron chi connectivity index (χ1n) is 7.13. The first kappa shape index (κ1) is 14.9. The van der Waals surface area contributed by atoms with Gasteiger partial charge >= 0.3 is 0 Å². The van der Waals surface area contributed by atoms with Crippen molar-refractivity contribution < 1.29 is 4.39 Å². The minimum Gasteiger partial charge on any atom is -0.320 e. The Labute approximate surface area is 133 Å². The third-order valence-electron chi connectivity index (χ3n) is 3.46. The topological polar surface area (TPSA) is 66.6 Å². The fourth-order valence-electron chi connectivity index (χ4n) is 2.18. The minimum absolute atomic E-state index is 0.188. The maximum absolute atomic E-state index is 13.8. The van der Waals surface area contributed by atoms with E-state index in [9.17, 15) is 4.39 Å². The molecule has 3 rings (SSSR count). The van der Waals surface area contributed by atoms with E-state index in [1.807, 2.05) is 31.2 Å². The van der Waals surface area contributed by atoms with Gasteiger partial charge in [0.1, 0.15) is 11.5 Å². The number of halogens is 1. The Morgan fingerprint density at radius 3 is 2.48 bits per heavy atom. The van der Waals surface area contributed by atoms with Gasteiger partial charge in [-0.3, -0.25) is 5.41 Å². The number of aromatic nitrogens is 3. The Balaban J connectivity index is 2.05. The van der Waals surface area contributed by atoms with Gasteiger partial charge < -0.3 is 5.32 Å². The highest BCUT2D eigenvalue weighted by molar-refractivity contribution is 5.61. The van der Waals surface area contributed by atoms with Crippen LogP contribution in [-0.2, 0) is 7.05 Å². The lowest BCUT2D eigenvalue weighted by Gasteiger charge is -2.10. The lowest BCUT2D eigenvalue weighted by atomic mass is 10.1. The second kappa shape index (κ2) is 6.00. The van der Waals surface area contributed by atoms with Crippen molar-refractivity contribution in [2.24, 2.45) is 7.05 Å². The molecule has 5 nitrogen and oxygen atoms in total. The summed E-state index contributed by atoms with van der Waals surface area (Å²) in [7, 11) is 1.66. The molecule has 0 unspecified atom stereocenters. The van der Waals surface area contributed by atoms with Gasteiger partial charge in [0, 0.05) is 12.6 Å². The molecule has 23 heavy (non-hydrogen) atoms. The Kier molecular flexibility index (Phi) is 3.89. The van der Waals surface area contributed by atoms with E-state index in [0.29, 0.717) is 11.4 Å². The fraction of sp³-hybridized carbons (Fsp3) is 0.118. The normalized spacial score (nSPS) is 10.6.